The van der Waals surface area contributed by atoms with Crippen molar-refractivity contribution >= 4 is 23.8 Å². The van der Waals surface area contributed by atoms with Crippen LogP contribution >= 0.6 is 0 Å². The van der Waals surface area contributed by atoms with Crippen LogP contribution in [0.4, 0.5) is 10.5 Å². The number of rotatable bonds is 13. The molecular weight excluding hydrogens is 480 g/mol. The van der Waals surface area contributed by atoms with Crippen LogP contribution in [0.5, 0.6) is 5.75 Å². The van der Waals surface area contributed by atoms with Crippen LogP contribution in [0.2, 0.25) is 0 Å². The van der Waals surface area contributed by atoms with Gasteiger partial charge in [0.25, 0.3) is 0 Å². The van der Waals surface area contributed by atoms with Gasteiger partial charge in [-0.1, -0.05) is 67.9 Å². The number of hydrogen-bond acceptors (Lipinski definition) is 4. The zero-order chi connectivity index (χ0) is 27.3. The van der Waals surface area contributed by atoms with E-state index in [1.165, 1.54) is 11.6 Å². The van der Waals surface area contributed by atoms with Crippen molar-refractivity contribution in [3.05, 3.63) is 89.7 Å². The highest BCUT2D eigenvalue weighted by molar-refractivity contribution is 5.93. The molecular formula is C31H36N2O5. The molecule has 38 heavy (non-hydrogen) atoms. The van der Waals surface area contributed by atoms with Crippen LogP contribution in [0, 0.1) is 0 Å². The van der Waals surface area contributed by atoms with Crippen LogP contribution in [-0.4, -0.2) is 43.9 Å². The highest BCUT2D eigenvalue weighted by Crippen LogP contribution is 2.34. The van der Waals surface area contributed by atoms with Crippen molar-refractivity contribution in [3.8, 4) is 16.9 Å². The zero-order valence-electron chi connectivity index (χ0n) is 22.3. The molecule has 3 aromatic carbocycles. The molecule has 7 nitrogen and oxygen atoms in total. The van der Waals surface area contributed by atoms with Gasteiger partial charge >= 0.3 is 12.0 Å². The van der Waals surface area contributed by atoms with Gasteiger partial charge in [-0.05, 0) is 60.7 Å². The second-order valence-electron chi connectivity index (χ2n) is 8.78. The minimum Gasteiger partial charge on any atom is -0.493 e. The molecule has 0 heterocycles. The van der Waals surface area contributed by atoms with Gasteiger partial charge in [0.1, 0.15) is 5.75 Å². The van der Waals surface area contributed by atoms with E-state index in [0.29, 0.717) is 24.5 Å². The average Bonchev–Trinajstić information content (AvgIpc) is 2.93. The molecule has 0 aliphatic carbocycles. The maximum Gasteiger partial charge on any atom is 0.371 e. The summed E-state index contributed by atoms with van der Waals surface area (Å²) >= 11 is 0. The van der Waals surface area contributed by atoms with Crippen LogP contribution in [0.3, 0.4) is 0 Å². The number of ether oxygens (including phenoxy) is 2. The van der Waals surface area contributed by atoms with E-state index in [9.17, 15) is 14.7 Å². The second-order valence-corrected chi connectivity index (χ2v) is 8.78. The van der Waals surface area contributed by atoms with Gasteiger partial charge in [0.15, 0.2) is 0 Å². The van der Waals surface area contributed by atoms with E-state index in [-0.39, 0.29) is 18.4 Å². The summed E-state index contributed by atoms with van der Waals surface area (Å²) in [6, 6.07) is 23.1. The Balaban J connectivity index is 1.81. The first kappa shape index (κ1) is 28.3. The maximum atomic E-state index is 12.8. The van der Waals surface area contributed by atoms with Gasteiger partial charge in [-0.2, -0.15) is 0 Å². The standard InChI is InChI=1S/C31H36N2O5/c1-4-6-19-38-28-20-24(21-29(30(34)35)37-5-2)15-16-27(28)25-13-10-14-26(22-25)33(3)31(36)32-18-17-23-11-8-7-9-12-23/h7-16,20-22H,4-6,17-19H2,1-3H3,(H,32,36)(H,34,35)/b29-21+. The summed E-state index contributed by atoms with van der Waals surface area (Å²) in [6.45, 7) is 5.17. The Morgan fingerprint density at radius 3 is 2.50 bits per heavy atom. The number of benzene rings is 3. The van der Waals surface area contributed by atoms with Crippen molar-refractivity contribution in [2.24, 2.45) is 0 Å². The lowest BCUT2D eigenvalue weighted by Gasteiger charge is -2.20. The summed E-state index contributed by atoms with van der Waals surface area (Å²) in [4.78, 5) is 25.9. The van der Waals surface area contributed by atoms with Crippen molar-refractivity contribution < 1.29 is 24.2 Å². The largest absolute Gasteiger partial charge is 0.493 e. The molecule has 0 unspecified atom stereocenters. The van der Waals surface area contributed by atoms with Crippen molar-refractivity contribution in [1.29, 1.82) is 0 Å². The summed E-state index contributed by atoms with van der Waals surface area (Å²) in [7, 11) is 1.74. The molecule has 2 N–H and O–H groups in total. The molecule has 0 atom stereocenters. The number of carboxylic acid groups (broad SMARTS) is 1. The molecule has 200 valence electrons. The van der Waals surface area contributed by atoms with Gasteiger partial charge in [0.2, 0.25) is 5.76 Å². The topological polar surface area (TPSA) is 88.1 Å². The highest BCUT2D eigenvalue weighted by Gasteiger charge is 2.14. The van der Waals surface area contributed by atoms with E-state index in [0.717, 1.165) is 36.1 Å². The predicted molar refractivity (Wildman–Crippen MR) is 151 cm³/mol. The third kappa shape index (κ3) is 8.13. The van der Waals surface area contributed by atoms with E-state index in [4.69, 9.17) is 9.47 Å². The first-order valence-corrected chi connectivity index (χ1v) is 12.9. The number of carboxylic acids is 1. The summed E-state index contributed by atoms with van der Waals surface area (Å²) < 4.78 is 11.4. The molecule has 0 saturated heterocycles. The average molecular weight is 517 g/mol. The molecule has 0 aliphatic rings. The number of nitrogens with zero attached hydrogens (tertiary/aromatic N) is 1. The van der Waals surface area contributed by atoms with Crippen LogP contribution in [0.25, 0.3) is 17.2 Å². The van der Waals surface area contributed by atoms with Crippen molar-refractivity contribution in [2.75, 3.05) is 31.7 Å². The van der Waals surface area contributed by atoms with Gasteiger partial charge in [-0.15, -0.1) is 0 Å². The lowest BCUT2D eigenvalue weighted by molar-refractivity contribution is -0.136. The summed E-state index contributed by atoms with van der Waals surface area (Å²) in [5, 5.41) is 12.4. The quantitative estimate of drug-likeness (QED) is 0.156. The molecule has 2 amide bonds. The third-order valence-corrected chi connectivity index (χ3v) is 5.95. The first-order chi connectivity index (χ1) is 18.4. The predicted octanol–water partition coefficient (Wildman–Crippen LogP) is 6.38. The molecule has 0 bridgehead atoms. The number of aliphatic carboxylic acids is 1. The lowest BCUT2D eigenvalue weighted by atomic mass is 10.0. The fourth-order valence-electron chi connectivity index (χ4n) is 3.86. The molecule has 0 aromatic heterocycles. The van der Waals surface area contributed by atoms with Crippen LogP contribution in [0.15, 0.2) is 78.6 Å². The number of anilines is 1. The molecule has 0 fully saturated rings. The van der Waals surface area contributed by atoms with E-state index in [2.05, 4.69) is 12.2 Å². The fraction of sp³-hybridized carbons (Fsp3) is 0.290. The Labute approximate surface area is 224 Å². The Morgan fingerprint density at radius 2 is 1.79 bits per heavy atom. The van der Waals surface area contributed by atoms with Gasteiger partial charge in [-0.3, -0.25) is 4.90 Å². The number of unbranched alkanes of at least 4 members (excludes halogenated alkanes) is 1. The Bertz CT molecular complexity index is 1240. The molecule has 3 aromatic rings. The van der Waals surface area contributed by atoms with Crippen molar-refractivity contribution in [3.63, 3.8) is 0 Å². The van der Waals surface area contributed by atoms with Crippen LogP contribution in [0.1, 0.15) is 37.8 Å². The maximum absolute atomic E-state index is 12.8. The number of amides is 2. The molecule has 7 heteroatoms. The summed E-state index contributed by atoms with van der Waals surface area (Å²) in [6.07, 6.45) is 4.13. The van der Waals surface area contributed by atoms with Crippen LogP contribution in [-0.2, 0) is 16.0 Å². The smallest absolute Gasteiger partial charge is 0.371 e. The Morgan fingerprint density at radius 1 is 1.00 bits per heavy atom. The minimum atomic E-state index is -1.12. The number of carbonyl (C=O) groups excluding carboxylic acids is 1. The van der Waals surface area contributed by atoms with Gasteiger partial charge in [0.05, 0.1) is 13.2 Å². The summed E-state index contributed by atoms with van der Waals surface area (Å²) in [5.41, 5.74) is 4.32. The van der Waals surface area contributed by atoms with E-state index in [1.54, 1.807) is 18.9 Å². The van der Waals surface area contributed by atoms with Crippen molar-refractivity contribution in [2.45, 2.75) is 33.1 Å². The third-order valence-electron chi connectivity index (χ3n) is 5.95. The molecule has 0 radical (unpaired) electrons. The lowest BCUT2D eigenvalue weighted by Crippen LogP contribution is -2.38. The SMILES string of the molecule is CCCCOc1cc(/C=C(/OCC)C(=O)O)ccc1-c1cccc(N(C)C(=O)NCCc2ccccc2)c1. The van der Waals surface area contributed by atoms with Gasteiger partial charge in [0, 0.05) is 24.8 Å². The number of nitrogens with one attached hydrogen (secondary N) is 1. The molecule has 3 rings (SSSR count). The summed E-state index contributed by atoms with van der Waals surface area (Å²) in [5.74, 6) is -0.607. The van der Waals surface area contributed by atoms with E-state index in [1.807, 2.05) is 72.8 Å². The van der Waals surface area contributed by atoms with E-state index >= 15 is 0 Å². The minimum absolute atomic E-state index is 0.123. The molecule has 0 spiro atoms. The number of carbonyl (C=O) groups is 2. The fourth-order valence-corrected chi connectivity index (χ4v) is 3.86. The van der Waals surface area contributed by atoms with Gasteiger partial charge < -0.3 is 19.9 Å². The van der Waals surface area contributed by atoms with Crippen molar-refractivity contribution in [1.82, 2.24) is 5.32 Å². The first-order valence-electron chi connectivity index (χ1n) is 12.9. The highest BCUT2D eigenvalue weighted by atomic mass is 16.5. The second kappa shape index (κ2) is 14.5. The Kier molecular flexibility index (Phi) is 10.8. The normalized spacial score (nSPS) is 11.1. The monoisotopic (exact) mass is 516 g/mol. The Hall–Kier alpha value is -4.26. The zero-order valence-corrected chi connectivity index (χ0v) is 22.3. The molecule has 0 saturated carbocycles. The van der Waals surface area contributed by atoms with E-state index < -0.39 is 5.97 Å². The number of hydrogen-bond donors (Lipinski definition) is 2. The van der Waals surface area contributed by atoms with Crippen LogP contribution < -0.4 is 15.0 Å². The van der Waals surface area contributed by atoms with Gasteiger partial charge in [-0.25, -0.2) is 9.59 Å². The molecule has 0 aliphatic heterocycles. The number of urea groups is 1.